The van der Waals surface area contributed by atoms with Gasteiger partial charge in [-0.3, -0.25) is 14.9 Å². The van der Waals surface area contributed by atoms with Gasteiger partial charge in [0.2, 0.25) is 5.79 Å². The number of nitrogens with one attached hydrogen (secondary N) is 2. The number of hydrogen-bond donors (Lipinski definition) is 3. The van der Waals surface area contributed by atoms with E-state index in [1.54, 1.807) is 0 Å². The lowest BCUT2D eigenvalue weighted by Gasteiger charge is -2.34. The highest BCUT2D eigenvalue weighted by atomic mass is 32.2. The van der Waals surface area contributed by atoms with Crippen molar-refractivity contribution in [3.63, 3.8) is 0 Å². The molecule has 6 nitrogen and oxygen atoms in total. The van der Waals surface area contributed by atoms with E-state index in [-0.39, 0.29) is 6.04 Å². The molecule has 27 heavy (non-hydrogen) atoms. The Labute approximate surface area is 162 Å². The summed E-state index contributed by atoms with van der Waals surface area (Å²) in [6.45, 7) is 5.88. The van der Waals surface area contributed by atoms with E-state index >= 15 is 0 Å². The van der Waals surface area contributed by atoms with Crippen LogP contribution in [-0.4, -0.2) is 27.8 Å². The van der Waals surface area contributed by atoms with Gasteiger partial charge in [-0.25, -0.2) is 4.99 Å². The molecular weight excluding hydrogens is 358 g/mol. The minimum atomic E-state index is -1.21. The van der Waals surface area contributed by atoms with E-state index in [0.29, 0.717) is 17.5 Å². The fourth-order valence-corrected chi connectivity index (χ4v) is 3.61. The first-order valence-electron chi connectivity index (χ1n) is 8.97. The van der Waals surface area contributed by atoms with E-state index in [9.17, 15) is 4.21 Å². The molecule has 0 amide bonds. The molecule has 2 atom stereocenters. The highest BCUT2D eigenvalue weighted by molar-refractivity contribution is 7.85. The number of nitrogens with two attached hydrogens (primary N) is 1. The molecule has 1 heterocycles. The van der Waals surface area contributed by atoms with Crippen molar-refractivity contribution in [3.8, 4) is 0 Å². The van der Waals surface area contributed by atoms with Crippen molar-refractivity contribution >= 4 is 22.6 Å². The molecule has 0 aromatic heterocycles. The van der Waals surface area contributed by atoms with Crippen LogP contribution >= 0.6 is 0 Å². The van der Waals surface area contributed by atoms with Crippen LogP contribution in [0.25, 0.3) is 0 Å². The maximum atomic E-state index is 12.2. The van der Waals surface area contributed by atoms with Crippen molar-refractivity contribution in [2.24, 2.45) is 15.7 Å². The minimum Gasteiger partial charge on any atom is -0.316 e. The lowest BCUT2D eigenvalue weighted by atomic mass is 10.1. The van der Waals surface area contributed by atoms with Gasteiger partial charge in [0.1, 0.15) is 5.84 Å². The number of nitrogens with zero attached hydrogens (tertiary/aromatic N) is 2. The van der Waals surface area contributed by atoms with Crippen LogP contribution in [0.4, 0.5) is 0 Å². The van der Waals surface area contributed by atoms with Gasteiger partial charge >= 0.3 is 0 Å². The summed E-state index contributed by atoms with van der Waals surface area (Å²) in [5, 5.41) is 6.42. The van der Waals surface area contributed by atoms with Gasteiger partial charge in [-0.15, -0.1) is 0 Å². The van der Waals surface area contributed by atoms with Crippen LogP contribution in [0.15, 0.2) is 69.5 Å². The van der Waals surface area contributed by atoms with Gasteiger partial charge < -0.3 is 10.6 Å². The maximum Gasteiger partial charge on any atom is 0.213 e. The molecule has 2 aromatic rings. The number of amidine groups is 1. The molecule has 4 N–H and O–H groups in total. The summed E-state index contributed by atoms with van der Waals surface area (Å²) < 4.78 is 12.2. The van der Waals surface area contributed by atoms with Crippen molar-refractivity contribution in [3.05, 3.63) is 65.7 Å². The number of aliphatic imine (C=N–C) groups is 2. The number of benzene rings is 2. The smallest absolute Gasteiger partial charge is 0.213 e. The fraction of sp³-hybridized carbons (Fsp3) is 0.300. The Morgan fingerprint density at radius 1 is 1.19 bits per heavy atom. The van der Waals surface area contributed by atoms with Crippen LogP contribution in [0, 0.1) is 0 Å². The van der Waals surface area contributed by atoms with E-state index in [0.717, 1.165) is 16.0 Å². The first kappa shape index (κ1) is 19.3. The molecule has 2 unspecified atom stereocenters. The molecule has 0 spiro atoms. The first-order valence-corrected chi connectivity index (χ1v) is 10.3. The third kappa shape index (κ3) is 4.43. The van der Waals surface area contributed by atoms with Crippen LogP contribution < -0.4 is 16.4 Å². The maximum absolute atomic E-state index is 12.2. The average Bonchev–Trinajstić information content (AvgIpc) is 2.67. The van der Waals surface area contributed by atoms with Crippen LogP contribution in [0.1, 0.15) is 31.9 Å². The first-order chi connectivity index (χ1) is 12.9. The van der Waals surface area contributed by atoms with Crippen molar-refractivity contribution in [1.82, 2.24) is 10.6 Å². The lowest BCUT2D eigenvalue weighted by molar-refractivity contribution is 0.415. The molecule has 7 heteroatoms. The third-order valence-electron chi connectivity index (χ3n) is 4.07. The minimum absolute atomic E-state index is 0.0818. The molecule has 0 bridgehead atoms. The normalized spacial score (nSPS) is 22.1. The molecular formula is C20H25N5OS. The predicted molar refractivity (Wildman–Crippen MR) is 111 cm³/mol. The summed E-state index contributed by atoms with van der Waals surface area (Å²) in [6.07, 6.45) is 0. The van der Waals surface area contributed by atoms with Crippen molar-refractivity contribution in [2.45, 2.75) is 37.5 Å². The standard InChI is InChI=1S/C20H25N5OS/c1-4-27(26)17-12-8-11-16(13-17)20(21)24-18(15-9-6-5-7-10-15)23-19(25-20)22-14(2)3/h5-14H,4,21H2,1-3H3,(H2,22,23,24,25). The zero-order valence-corrected chi connectivity index (χ0v) is 16.6. The van der Waals surface area contributed by atoms with Crippen molar-refractivity contribution in [2.75, 3.05) is 5.75 Å². The average molecular weight is 384 g/mol. The summed E-state index contributed by atoms with van der Waals surface area (Å²) >= 11 is 0. The van der Waals surface area contributed by atoms with E-state index in [4.69, 9.17) is 10.7 Å². The number of rotatable bonds is 5. The summed E-state index contributed by atoms with van der Waals surface area (Å²) in [5.74, 6) is 0.536. The molecule has 142 valence electrons. The largest absolute Gasteiger partial charge is 0.316 e. The van der Waals surface area contributed by atoms with Gasteiger partial charge in [0.05, 0.1) is 10.8 Å². The van der Waals surface area contributed by atoms with Gasteiger partial charge in [-0.1, -0.05) is 49.4 Å². The zero-order chi connectivity index (χ0) is 19.4. The van der Waals surface area contributed by atoms with Crippen molar-refractivity contribution in [1.29, 1.82) is 0 Å². The second-order valence-corrected chi connectivity index (χ2v) is 8.32. The molecule has 3 rings (SSSR count). The Balaban J connectivity index is 2.09. The Bertz CT molecular complexity index is 894. The number of hydrogen-bond acceptors (Lipinski definition) is 4. The van der Waals surface area contributed by atoms with Gasteiger partial charge in [-0.2, -0.15) is 0 Å². The monoisotopic (exact) mass is 383 g/mol. The summed E-state index contributed by atoms with van der Waals surface area (Å²) in [7, 11) is -1.06. The van der Waals surface area contributed by atoms with E-state index < -0.39 is 16.6 Å². The van der Waals surface area contributed by atoms with Crippen LogP contribution in [0.3, 0.4) is 0 Å². The fourth-order valence-electron chi connectivity index (χ4n) is 2.79. The zero-order valence-electron chi connectivity index (χ0n) is 15.8. The van der Waals surface area contributed by atoms with Crippen LogP contribution in [0.2, 0.25) is 0 Å². The Morgan fingerprint density at radius 2 is 1.93 bits per heavy atom. The van der Waals surface area contributed by atoms with E-state index in [2.05, 4.69) is 15.6 Å². The quantitative estimate of drug-likeness (QED) is 0.739. The molecule has 2 aromatic carbocycles. The highest BCUT2D eigenvalue weighted by Crippen LogP contribution is 2.23. The molecule has 0 radical (unpaired) electrons. The van der Waals surface area contributed by atoms with Gasteiger partial charge in [0, 0.05) is 27.8 Å². The Morgan fingerprint density at radius 3 is 2.59 bits per heavy atom. The summed E-state index contributed by atoms with van der Waals surface area (Å²) in [4.78, 5) is 10.0. The van der Waals surface area contributed by atoms with Gasteiger partial charge in [0.25, 0.3) is 0 Å². The molecule has 0 saturated carbocycles. The molecule has 0 fully saturated rings. The predicted octanol–water partition coefficient (Wildman–Crippen LogP) is 2.29. The Hall–Kier alpha value is -2.51. The lowest BCUT2D eigenvalue weighted by Crippen LogP contribution is -2.61. The van der Waals surface area contributed by atoms with Crippen LogP contribution in [-0.2, 0) is 16.6 Å². The Kier molecular flexibility index (Phi) is 5.72. The summed E-state index contributed by atoms with van der Waals surface area (Å²) in [5.41, 5.74) is 8.31. The van der Waals surface area contributed by atoms with Gasteiger partial charge in [0.15, 0.2) is 5.96 Å². The second-order valence-electron chi connectivity index (χ2n) is 6.58. The third-order valence-corrected chi connectivity index (χ3v) is 5.37. The summed E-state index contributed by atoms with van der Waals surface area (Å²) in [6, 6.07) is 17.3. The van der Waals surface area contributed by atoms with E-state index in [1.165, 1.54) is 0 Å². The molecule has 1 aliphatic rings. The van der Waals surface area contributed by atoms with Crippen molar-refractivity contribution < 1.29 is 4.21 Å². The second kappa shape index (κ2) is 8.02. The molecule has 0 aliphatic carbocycles. The number of guanidine groups is 1. The van der Waals surface area contributed by atoms with E-state index in [1.807, 2.05) is 75.4 Å². The topological polar surface area (TPSA) is 91.9 Å². The van der Waals surface area contributed by atoms with Crippen LogP contribution in [0.5, 0.6) is 0 Å². The highest BCUT2D eigenvalue weighted by Gasteiger charge is 2.33. The van der Waals surface area contributed by atoms with Gasteiger partial charge in [-0.05, 0) is 26.0 Å². The molecule has 0 saturated heterocycles. The molecule has 1 aliphatic heterocycles. The SMILES string of the molecule is CCS(=O)c1cccc(C2(N)N=C(c3ccccc3)NC(=NC(C)C)N2)c1.